The van der Waals surface area contributed by atoms with Gasteiger partial charge >= 0.3 is 0 Å². The zero-order valence-electron chi connectivity index (χ0n) is 15.5. The highest BCUT2D eigenvalue weighted by molar-refractivity contribution is 6.06. The molecule has 0 radical (unpaired) electrons. The Labute approximate surface area is 158 Å². The van der Waals surface area contributed by atoms with Crippen molar-refractivity contribution in [1.29, 1.82) is 0 Å². The van der Waals surface area contributed by atoms with Crippen LogP contribution in [-0.4, -0.2) is 16.8 Å². The van der Waals surface area contributed by atoms with Gasteiger partial charge in [-0.2, -0.15) is 0 Å². The zero-order chi connectivity index (χ0) is 19.4. The number of amides is 2. The van der Waals surface area contributed by atoms with Crippen molar-refractivity contribution in [2.24, 2.45) is 0 Å². The maximum Gasteiger partial charge on any atom is 0.274 e. The molecule has 0 atom stereocenters. The summed E-state index contributed by atoms with van der Waals surface area (Å²) in [5.74, 6) is -0.714. The minimum atomic E-state index is -0.358. The summed E-state index contributed by atoms with van der Waals surface area (Å²) in [7, 11) is 0. The summed E-state index contributed by atoms with van der Waals surface area (Å²) in [6.45, 7) is 5.91. The number of aryl methyl sites for hydroxylation is 3. The number of rotatable bonds is 4. The van der Waals surface area contributed by atoms with Crippen LogP contribution in [-0.2, 0) is 0 Å². The fraction of sp³-hybridized carbons (Fsp3) is 0.136. The van der Waals surface area contributed by atoms with Crippen molar-refractivity contribution in [3.63, 3.8) is 0 Å². The SMILES string of the molecule is Cc1ccc(NC(=O)c2cccc(C(=O)Nc3ccccc3C)n2)cc1C. The number of nitrogens with zero attached hydrogens (tertiary/aromatic N) is 1. The van der Waals surface area contributed by atoms with Gasteiger partial charge in [0.05, 0.1) is 0 Å². The smallest absolute Gasteiger partial charge is 0.274 e. The second-order valence-electron chi connectivity index (χ2n) is 6.43. The summed E-state index contributed by atoms with van der Waals surface area (Å²) in [6, 6.07) is 18.0. The summed E-state index contributed by atoms with van der Waals surface area (Å²) in [6.07, 6.45) is 0. The van der Waals surface area contributed by atoms with Gasteiger partial charge in [-0.05, 0) is 67.8 Å². The maximum absolute atomic E-state index is 12.5. The first kappa shape index (κ1) is 18.3. The molecule has 3 rings (SSSR count). The summed E-state index contributed by atoms with van der Waals surface area (Å²) < 4.78 is 0. The molecule has 0 saturated carbocycles. The first-order valence-electron chi connectivity index (χ1n) is 8.66. The molecular formula is C22H21N3O2. The molecule has 2 N–H and O–H groups in total. The molecule has 1 heterocycles. The van der Waals surface area contributed by atoms with E-state index >= 15 is 0 Å². The molecule has 136 valence electrons. The van der Waals surface area contributed by atoms with Crippen molar-refractivity contribution in [2.75, 3.05) is 10.6 Å². The number of benzene rings is 2. The Morgan fingerprint density at radius 2 is 1.37 bits per heavy atom. The molecular weight excluding hydrogens is 338 g/mol. The standard InChI is InChI=1S/C22H21N3O2/c1-14-11-12-17(13-16(14)3)23-21(26)19-9-6-10-20(24-19)22(27)25-18-8-5-4-7-15(18)2/h4-13H,1-3H3,(H,23,26)(H,25,27). The highest BCUT2D eigenvalue weighted by atomic mass is 16.2. The number of carbonyl (C=O) groups excluding carboxylic acids is 2. The second-order valence-corrected chi connectivity index (χ2v) is 6.43. The van der Waals surface area contributed by atoms with Crippen LogP contribution in [0.4, 0.5) is 11.4 Å². The van der Waals surface area contributed by atoms with Crippen molar-refractivity contribution in [1.82, 2.24) is 4.98 Å². The molecule has 0 aliphatic heterocycles. The average molecular weight is 359 g/mol. The Hall–Kier alpha value is -3.47. The Morgan fingerprint density at radius 1 is 0.704 bits per heavy atom. The van der Waals surface area contributed by atoms with Gasteiger partial charge in [0.25, 0.3) is 11.8 Å². The predicted molar refractivity (Wildman–Crippen MR) is 107 cm³/mol. The summed E-state index contributed by atoms with van der Waals surface area (Å²) in [5, 5.41) is 5.64. The lowest BCUT2D eigenvalue weighted by molar-refractivity contribution is 0.101. The van der Waals surface area contributed by atoms with E-state index < -0.39 is 0 Å². The molecule has 0 aliphatic rings. The van der Waals surface area contributed by atoms with Crippen molar-refractivity contribution >= 4 is 23.2 Å². The van der Waals surface area contributed by atoms with E-state index in [1.807, 2.05) is 63.2 Å². The van der Waals surface area contributed by atoms with Crippen LogP contribution in [0.5, 0.6) is 0 Å². The van der Waals surface area contributed by atoms with Crippen LogP contribution in [0.2, 0.25) is 0 Å². The molecule has 5 nitrogen and oxygen atoms in total. The van der Waals surface area contributed by atoms with Gasteiger partial charge in [-0.3, -0.25) is 9.59 Å². The Morgan fingerprint density at radius 3 is 2.04 bits per heavy atom. The first-order valence-corrected chi connectivity index (χ1v) is 8.66. The number of aromatic nitrogens is 1. The molecule has 0 saturated heterocycles. The predicted octanol–water partition coefficient (Wildman–Crippen LogP) is 4.51. The molecule has 0 spiro atoms. The van der Waals surface area contributed by atoms with Crippen molar-refractivity contribution in [3.8, 4) is 0 Å². The fourth-order valence-electron chi connectivity index (χ4n) is 2.60. The van der Waals surface area contributed by atoms with Crippen molar-refractivity contribution in [3.05, 3.63) is 88.7 Å². The molecule has 1 aromatic heterocycles. The third kappa shape index (κ3) is 4.39. The van der Waals surface area contributed by atoms with Crippen LogP contribution in [0.3, 0.4) is 0 Å². The van der Waals surface area contributed by atoms with E-state index in [-0.39, 0.29) is 23.2 Å². The third-order valence-corrected chi connectivity index (χ3v) is 4.37. The first-order chi connectivity index (χ1) is 12.9. The van der Waals surface area contributed by atoms with Gasteiger partial charge in [0.15, 0.2) is 0 Å². The van der Waals surface area contributed by atoms with E-state index in [1.165, 1.54) is 0 Å². The number of anilines is 2. The average Bonchev–Trinajstić information content (AvgIpc) is 2.66. The van der Waals surface area contributed by atoms with Crippen LogP contribution >= 0.6 is 0 Å². The van der Waals surface area contributed by atoms with E-state index in [1.54, 1.807) is 18.2 Å². The minimum Gasteiger partial charge on any atom is -0.321 e. The highest BCUT2D eigenvalue weighted by Gasteiger charge is 2.13. The van der Waals surface area contributed by atoms with Gasteiger partial charge in [0.2, 0.25) is 0 Å². The lowest BCUT2D eigenvalue weighted by atomic mass is 10.1. The van der Waals surface area contributed by atoms with Gasteiger partial charge in [-0.1, -0.05) is 30.3 Å². The van der Waals surface area contributed by atoms with Crippen LogP contribution < -0.4 is 10.6 Å². The van der Waals surface area contributed by atoms with E-state index in [9.17, 15) is 9.59 Å². The van der Waals surface area contributed by atoms with Crippen LogP contribution in [0.1, 0.15) is 37.7 Å². The molecule has 0 bridgehead atoms. The lowest BCUT2D eigenvalue weighted by Gasteiger charge is -2.09. The normalized spacial score (nSPS) is 10.3. The zero-order valence-corrected chi connectivity index (χ0v) is 15.5. The number of para-hydroxylation sites is 1. The number of carbonyl (C=O) groups is 2. The van der Waals surface area contributed by atoms with E-state index in [0.717, 1.165) is 16.7 Å². The van der Waals surface area contributed by atoms with Gasteiger partial charge < -0.3 is 10.6 Å². The lowest BCUT2D eigenvalue weighted by Crippen LogP contribution is -2.18. The van der Waals surface area contributed by atoms with Crippen molar-refractivity contribution < 1.29 is 9.59 Å². The topological polar surface area (TPSA) is 71.1 Å². The Balaban J connectivity index is 1.76. The Kier molecular flexibility index (Phi) is 5.31. The summed E-state index contributed by atoms with van der Waals surface area (Å²) in [4.78, 5) is 29.2. The maximum atomic E-state index is 12.5. The van der Waals surface area contributed by atoms with E-state index in [2.05, 4.69) is 15.6 Å². The van der Waals surface area contributed by atoms with E-state index in [4.69, 9.17) is 0 Å². The van der Waals surface area contributed by atoms with Crippen LogP contribution in [0.15, 0.2) is 60.7 Å². The van der Waals surface area contributed by atoms with Crippen LogP contribution in [0, 0.1) is 20.8 Å². The van der Waals surface area contributed by atoms with Crippen molar-refractivity contribution in [2.45, 2.75) is 20.8 Å². The molecule has 0 fully saturated rings. The van der Waals surface area contributed by atoms with Gasteiger partial charge in [0.1, 0.15) is 11.4 Å². The monoisotopic (exact) mass is 359 g/mol. The summed E-state index contributed by atoms with van der Waals surface area (Å²) in [5.41, 5.74) is 4.98. The molecule has 3 aromatic rings. The molecule has 27 heavy (non-hydrogen) atoms. The fourth-order valence-corrected chi connectivity index (χ4v) is 2.60. The summed E-state index contributed by atoms with van der Waals surface area (Å²) >= 11 is 0. The largest absolute Gasteiger partial charge is 0.321 e. The van der Waals surface area contributed by atoms with Gasteiger partial charge in [-0.25, -0.2) is 4.98 Å². The number of nitrogens with one attached hydrogen (secondary N) is 2. The highest BCUT2D eigenvalue weighted by Crippen LogP contribution is 2.16. The van der Waals surface area contributed by atoms with Gasteiger partial charge in [0, 0.05) is 11.4 Å². The van der Waals surface area contributed by atoms with E-state index in [0.29, 0.717) is 11.4 Å². The number of pyridine rings is 1. The van der Waals surface area contributed by atoms with Gasteiger partial charge in [-0.15, -0.1) is 0 Å². The molecule has 2 aromatic carbocycles. The number of hydrogen-bond acceptors (Lipinski definition) is 3. The molecule has 2 amide bonds. The quantitative estimate of drug-likeness (QED) is 0.720. The Bertz CT molecular complexity index is 1010. The minimum absolute atomic E-state index is 0.186. The molecule has 0 aliphatic carbocycles. The molecule has 5 heteroatoms. The molecule has 0 unspecified atom stereocenters. The second kappa shape index (κ2) is 7.83. The van der Waals surface area contributed by atoms with Crippen LogP contribution in [0.25, 0.3) is 0 Å². The number of hydrogen-bond donors (Lipinski definition) is 2. The third-order valence-electron chi connectivity index (χ3n) is 4.37.